The number of carbonyl (C=O) groups excluding carboxylic acids is 2. The van der Waals surface area contributed by atoms with Crippen molar-refractivity contribution in [3.63, 3.8) is 0 Å². The molecule has 10 heteroatoms. The van der Waals surface area contributed by atoms with Gasteiger partial charge in [-0.2, -0.15) is 0 Å². The molecule has 148 valence electrons. The van der Waals surface area contributed by atoms with Gasteiger partial charge in [0.15, 0.2) is 9.84 Å². The van der Waals surface area contributed by atoms with Crippen LogP contribution in [0.1, 0.15) is 16.8 Å². The average Bonchev–Trinajstić information content (AvgIpc) is 3.11. The van der Waals surface area contributed by atoms with Crippen LogP contribution in [0.25, 0.3) is 0 Å². The lowest BCUT2D eigenvalue weighted by atomic mass is 10.2. The first-order valence-electron chi connectivity index (χ1n) is 8.71. The Labute approximate surface area is 168 Å². The van der Waals surface area contributed by atoms with Crippen molar-refractivity contribution >= 4 is 44.9 Å². The first-order valence-corrected chi connectivity index (χ1v) is 11.3. The van der Waals surface area contributed by atoms with Crippen molar-refractivity contribution in [1.29, 1.82) is 0 Å². The predicted octanol–water partition coefficient (Wildman–Crippen LogP) is 1.05. The summed E-state index contributed by atoms with van der Waals surface area (Å²) >= 11 is 11.7. The third kappa shape index (κ3) is 5.13. The molecule has 0 radical (unpaired) electrons. The van der Waals surface area contributed by atoms with Gasteiger partial charge in [-0.05, 0) is 24.6 Å². The standard InChI is InChI=1S/C17H21Cl2N3O4S/c18-14-2-1-12(9-15(14)19)17(24)20-10-16(23)22-4-3-13(11-22)21-5-7-27(25,26)8-6-21/h1-2,9,13H,3-8,10-11H2,(H,20,24). The number of amides is 2. The van der Waals surface area contributed by atoms with E-state index in [4.69, 9.17) is 23.2 Å². The highest BCUT2D eigenvalue weighted by Gasteiger charge is 2.33. The molecular formula is C17H21Cl2N3O4S. The van der Waals surface area contributed by atoms with Crippen molar-refractivity contribution < 1.29 is 18.0 Å². The molecule has 1 N–H and O–H groups in total. The number of nitrogens with one attached hydrogen (secondary N) is 1. The van der Waals surface area contributed by atoms with Crippen molar-refractivity contribution in [1.82, 2.24) is 15.1 Å². The molecule has 7 nitrogen and oxygen atoms in total. The highest BCUT2D eigenvalue weighted by molar-refractivity contribution is 7.91. The zero-order valence-corrected chi connectivity index (χ0v) is 17.0. The molecular weight excluding hydrogens is 413 g/mol. The van der Waals surface area contributed by atoms with Crippen LogP contribution in [-0.2, 0) is 14.6 Å². The lowest BCUT2D eigenvalue weighted by molar-refractivity contribution is -0.129. The molecule has 2 aliphatic heterocycles. The summed E-state index contributed by atoms with van der Waals surface area (Å²) in [6.45, 7) is 2.10. The lowest BCUT2D eigenvalue weighted by Crippen LogP contribution is -2.48. The third-order valence-electron chi connectivity index (χ3n) is 4.99. The van der Waals surface area contributed by atoms with Gasteiger partial charge in [0, 0.05) is 37.8 Å². The Morgan fingerprint density at radius 2 is 1.81 bits per heavy atom. The molecule has 1 atom stereocenters. The first kappa shape index (κ1) is 20.4. The van der Waals surface area contributed by atoms with E-state index >= 15 is 0 Å². The van der Waals surface area contributed by atoms with Crippen molar-refractivity contribution in [3.8, 4) is 0 Å². The van der Waals surface area contributed by atoms with Crippen molar-refractivity contribution in [2.45, 2.75) is 12.5 Å². The molecule has 0 bridgehead atoms. The van der Waals surface area contributed by atoms with Gasteiger partial charge >= 0.3 is 0 Å². The summed E-state index contributed by atoms with van der Waals surface area (Å²) in [4.78, 5) is 28.4. The lowest BCUT2D eigenvalue weighted by Gasteiger charge is -2.31. The van der Waals surface area contributed by atoms with Crippen LogP contribution in [0.4, 0.5) is 0 Å². The minimum Gasteiger partial charge on any atom is -0.343 e. The van der Waals surface area contributed by atoms with Gasteiger partial charge < -0.3 is 10.2 Å². The van der Waals surface area contributed by atoms with E-state index in [1.165, 1.54) is 12.1 Å². The molecule has 2 amide bonds. The molecule has 1 unspecified atom stereocenters. The fourth-order valence-electron chi connectivity index (χ4n) is 3.37. The van der Waals surface area contributed by atoms with E-state index in [0.29, 0.717) is 36.8 Å². The Morgan fingerprint density at radius 3 is 2.48 bits per heavy atom. The molecule has 27 heavy (non-hydrogen) atoms. The number of nitrogens with zero attached hydrogens (tertiary/aromatic N) is 2. The number of hydrogen-bond donors (Lipinski definition) is 1. The maximum absolute atomic E-state index is 12.4. The topological polar surface area (TPSA) is 86.8 Å². The monoisotopic (exact) mass is 433 g/mol. The molecule has 2 heterocycles. The summed E-state index contributed by atoms with van der Waals surface area (Å²) < 4.78 is 23.1. The van der Waals surface area contributed by atoms with E-state index in [1.54, 1.807) is 11.0 Å². The summed E-state index contributed by atoms with van der Waals surface area (Å²) in [5, 5.41) is 3.24. The van der Waals surface area contributed by atoms with Crippen LogP contribution in [0, 0.1) is 0 Å². The largest absolute Gasteiger partial charge is 0.343 e. The second-order valence-electron chi connectivity index (χ2n) is 6.78. The summed E-state index contributed by atoms with van der Waals surface area (Å²) in [6, 6.07) is 4.71. The van der Waals surface area contributed by atoms with Gasteiger partial charge in [-0.3, -0.25) is 14.5 Å². The van der Waals surface area contributed by atoms with E-state index < -0.39 is 9.84 Å². The number of benzene rings is 1. The number of carbonyl (C=O) groups is 2. The number of halogens is 2. The van der Waals surface area contributed by atoms with Gasteiger partial charge in [0.05, 0.1) is 28.1 Å². The Bertz CT molecular complexity index is 833. The minimum absolute atomic E-state index is 0.0970. The molecule has 2 fully saturated rings. The molecule has 0 spiro atoms. The number of likely N-dealkylation sites (tertiary alicyclic amines) is 1. The highest BCUT2D eigenvalue weighted by atomic mass is 35.5. The van der Waals surface area contributed by atoms with Crippen molar-refractivity contribution in [2.24, 2.45) is 0 Å². The molecule has 1 aromatic rings. The fraction of sp³-hybridized carbons (Fsp3) is 0.529. The van der Waals surface area contributed by atoms with Crippen LogP contribution in [0.3, 0.4) is 0 Å². The molecule has 0 aliphatic carbocycles. The van der Waals surface area contributed by atoms with Gasteiger partial charge in [-0.25, -0.2) is 8.42 Å². The fourth-order valence-corrected chi connectivity index (χ4v) is 4.89. The average molecular weight is 434 g/mol. The normalized spacial score (nSPS) is 22.6. The van der Waals surface area contributed by atoms with Gasteiger partial charge in [0.2, 0.25) is 5.91 Å². The zero-order valence-electron chi connectivity index (χ0n) is 14.7. The maximum Gasteiger partial charge on any atom is 0.251 e. The quantitative estimate of drug-likeness (QED) is 0.766. The summed E-state index contributed by atoms with van der Waals surface area (Å²) in [6.07, 6.45) is 0.812. The van der Waals surface area contributed by atoms with Gasteiger partial charge in [0.25, 0.3) is 5.91 Å². The third-order valence-corrected chi connectivity index (χ3v) is 7.34. The predicted molar refractivity (Wildman–Crippen MR) is 104 cm³/mol. The zero-order chi connectivity index (χ0) is 19.6. The van der Waals surface area contributed by atoms with E-state index in [2.05, 4.69) is 10.2 Å². The van der Waals surface area contributed by atoms with Crippen molar-refractivity contribution in [2.75, 3.05) is 44.2 Å². The Morgan fingerprint density at radius 1 is 1.11 bits per heavy atom. The minimum atomic E-state index is -2.91. The smallest absolute Gasteiger partial charge is 0.251 e. The molecule has 1 aromatic carbocycles. The van der Waals surface area contributed by atoms with Crippen LogP contribution in [0.5, 0.6) is 0 Å². The molecule has 3 rings (SSSR count). The Balaban J connectivity index is 1.47. The Hall–Kier alpha value is -1.35. The number of sulfone groups is 1. The number of rotatable bonds is 4. The summed E-state index contributed by atoms with van der Waals surface area (Å²) in [5.74, 6) is -0.191. The van der Waals surface area contributed by atoms with Gasteiger partial charge in [-0.1, -0.05) is 23.2 Å². The number of hydrogen-bond acceptors (Lipinski definition) is 5. The van der Waals surface area contributed by atoms with E-state index in [9.17, 15) is 18.0 Å². The SMILES string of the molecule is O=C(NCC(=O)N1CCC(N2CCS(=O)(=O)CC2)C1)c1ccc(Cl)c(Cl)c1. The Kier molecular flexibility index (Phi) is 6.30. The molecule has 2 saturated heterocycles. The molecule has 2 aliphatic rings. The molecule has 0 aromatic heterocycles. The maximum atomic E-state index is 12.4. The van der Waals surface area contributed by atoms with Crippen LogP contribution in [0.15, 0.2) is 18.2 Å². The van der Waals surface area contributed by atoms with Crippen LogP contribution < -0.4 is 5.32 Å². The van der Waals surface area contributed by atoms with E-state index in [1.807, 2.05) is 0 Å². The summed E-state index contributed by atoms with van der Waals surface area (Å²) in [7, 11) is -2.91. The second kappa shape index (κ2) is 8.34. The van der Waals surface area contributed by atoms with Crippen LogP contribution in [-0.4, -0.2) is 80.3 Å². The van der Waals surface area contributed by atoms with Crippen LogP contribution in [0.2, 0.25) is 10.0 Å². The van der Waals surface area contributed by atoms with Gasteiger partial charge in [-0.15, -0.1) is 0 Å². The first-order chi connectivity index (χ1) is 12.7. The van der Waals surface area contributed by atoms with E-state index in [-0.39, 0.29) is 40.9 Å². The van der Waals surface area contributed by atoms with Crippen molar-refractivity contribution in [3.05, 3.63) is 33.8 Å². The molecule has 0 saturated carbocycles. The highest BCUT2D eigenvalue weighted by Crippen LogP contribution is 2.22. The second-order valence-corrected chi connectivity index (χ2v) is 9.90. The van der Waals surface area contributed by atoms with Gasteiger partial charge in [0.1, 0.15) is 0 Å². The summed E-state index contributed by atoms with van der Waals surface area (Å²) in [5.41, 5.74) is 0.339. The van der Waals surface area contributed by atoms with E-state index in [0.717, 1.165) is 6.42 Å². The van der Waals surface area contributed by atoms with Crippen LogP contribution >= 0.6 is 23.2 Å².